The highest BCUT2D eigenvalue weighted by Gasteiger charge is 2.65. The van der Waals surface area contributed by atoms with E-state index in [1.807, 2.05) is 72.8 Å². The molecule has 2 saturated heterocycles. The number of carbonyl (C=O) groups excluding carboxylic acids is 6. The average Bonchev–Trinajstić information content (AvgIpc) is 3.60. The molecule has 6 atom stereocenters. The molecule has 14 heteroatoms. The minimum absolute atomic E-state index is 0.0767. The van der Waals surface area contributed by atoms with Crippen LogP contribution in [0.15, 0.2) is 146 Å². The summed E-state index contributed by atoms with van der Waals surface area (Å²) in [5.74, 6) is -2.87. The van der Waals surface area contributed by atoms with Gasteiger partial charge in [-0.1, -0.05) is 97.1 Å². The van der Waals surface area contributed by atoms with E-state index in [1.54, 1.807) is 74.5 Å². The summed E-state index contributed by atoms with van der Waals surface area (Å²) >= 11 is 19.1. The number of benzene rings is 4. The average molecular weight is 921 g/mol. The Morgan fingerprint density at radius 3 is 1.13 bits per heavy atom. The van der Waals surface area contributed by atoms with Crippen LogP contribution in [0, 0.1) is 11.8 Å². The van der Waals surface area contributed by atoms with E-state index in [9.17, 15) is 28.8 Å². The molecule has 10 nitrogen and oxygen atoms in total. The lowest BCUT2D eigenvalue weighted by atomic mass is 9.68. The van der Waals surface area contributed by atoms with Crippen molar-refractivity contribution < 1.29 is 38.2 Å². The fourth-order valence-electron chi connectivity index (χ4n) is 8.42. The normalized spacial score (nSPS) is 26.4. The van der Waals surface area contributed by atoms with E-state index in [2.05, 4.69) is 10.6 Å². The summed E-state index contributed by atoms with van der Waals surface area (Å²) in [7, 11) is 0. The topological polar surface area (TPSA) is 145 Å². The second kappa shape index (κ2) is 21.2. The van der Waals surface area contributed by atoms with Crippen molar-refractivity contribution in [3.63, 3.8) is 0 Å². The quantitative estimate of drug-likeness (QED) is 0.132. The molecule has 2 N–H and O–H groups in total. The number of hydrogen-bond acceptors (Lipinski definition) is 8. The van der Waals surface area contributed by atoms with Crippen molar-refractivity contribution in [2.45, 2.75) is 61.8 Å². The number of esters is 2. The zero-order valence-electron chi connectivity index (χ0n) is 34.0. The van der Waals surface area contributed by atoms with Gasteiger partial charge in [0.05, 0.1) is 10.7 Å². The van der Waals surface area contributed by atoms with Crippen molar-refractivity contribution in [2.75, 3.05) is 10.7 Å². The van der Waals surface area contributed by atoms with Crippen LogP contribution in [-0.2, 0) is 41.5 Å². The number of carbonyl (C=O) groups is 6. The first-order chi connectivity index (χ1) is 29.7. The molecule has 0 saturated carbocycles. The largest absolute Gasteiger partial charge is 0.453 e. The first-order valence-corrected chi connectivity index (χ1v) is 21.8. The number of amides is 2. The number of ether oxygens (including phenoxy) is 2. The van der Waals surface area contributed by atoms with Crippen LogP contribution < -0.4 is 10.6 Å². The highest BCUT2D eigenvalue weighted by Crippen LogP contribution is 2.48. The maximum Gasteiger partial charge on any atom is 0.333 e. The molecule has 62 heavy (non-hydrogen) atoms. The molecule has 4 aliphatic rings. The van der Waals surface area contributed by atoms with Crippen molar-refractivity contribution >= 4 is 81.7 Å². The van der Waals surface area contributed by atoms with Crippen LogP contribution >= 0.6 is 46.4 Å². The van der Waals surface area contributed by atoms with Crippen LogP contribution in [-0.4, -0.2) is 68.3 Å². The molecule has 8 rings (SSSR count). The zero-order chi connectivity index (χ0) is 45.0. The Morgan fingerprint density at radius 1 is 0.532 bits per heavy atom. The number of allylic oxidation sites excluding steroid dienone is 2. The Labute approximate surface area is 380 Å². The van der Waals surface area contributed by atoms with Gasteiger partial charge in [-0.05, 0) is 73.5 Å². The third kappa shape index (κ3) is 10.8. The van der Waals surface area contributed by atoms with Crippen molar-refractivity contribution in [3.8, 4) is 0 Å². The predicted molar refractivity (Wildman–Crippen MR) is 240 cm³/mol. The summed E-state index contributed by atoms with van der Waals surface area (Å²) in [4.78, 5) is 76.7. The smallest absolute Gasteiger partial charge is 0.333 e. The summed E-state index contributed by atoms with van der Waals surface area (Å²) in [6, 6.07) is 36.4. The summed E-state index contributed by atoms with van der Waals surface area (Å²) in [6.07, 6.45) is 6.99. The van der Waals surface area contributed by atoms with Crippen LogP contribution in [0.25, 0.3) is 0 Å². The van der Waals surface area contributed by atoms with Gasteiger partial charge >= 0.3 is 11.9 Å². The number of hydrogen-bond donors (Lipinski definition) is 2. The van der Waals surface area contributed by atoms with Gasteiger partial charge in [0.15, 0.2) is 11.6 Å². The van der Waals surface area contributed by atoms with Gasteiger partial charge in [-0.15, -0.1) is 46.4 Å². The summed E-state index contributed by atoms with van der Waals surface area (Å²) in [6.45, 7) is 3.58. The first-order valence-electron chi connectivity index (χ1n) is 19.7. The lowest BCUT2D eigenvalue weighted by Crippen LogP contribution is -2.60. The number of ketones is 2. The van der Waals surface area contributed by atoms with Crippen LogP contribution in [0.5, 0.6) is 0 Å². The second-order valence-electron chi connectivity index (χ2n) is 15.4. The number of nitrogens with one attached hydrogen (secondary N) is 2. The molecule has 324 valence electrons. The molecule has 4 aromatic carbocycles. The Kier molecular flexibility index (Phi) is 16.3. The molecule has 2 fully saturated rings. The zero-order valence-corrected chi connectivity index (χ0v) is 37.1. The molecule has 2 amide bonds. The van der Waals surface area contributed by atoms with Gasteiger partial charge in [-0.3, -0.25) is 19.2 Å². The van der Waals surface area contributed by atoms with Crippen LogP contribution in [0.2, 0.25) is 0 Å². The van der Waals surface area contributed by atoms with E-state index >= 15 is 0 Å². The molecule has 0 bridgehead atoms. The number of rotatable bonds is 8. The van der Waals surface area contributed by atoms with Crippen LogP contribution in [0.3, 0.4) is 0 Å². The maximum absolute atomic E-state index is 13.2. The van der Waals surface area contributed by atoms with E-state index in [4.69, 9.17) is 55.9 Å². The molecule has 2 aliphatic carbocycles. The van der Waals surface area contributed by atoms with Gasteiger partial charge in [-0.25, -0.2) is 9.59 Å². The third-order valence-corrected chi connectivity index (χ3v) is 11.3. The van der Waals surface area contributed by atoms with Gasteiger partial charge in [0, 0.05) is 48.6 Å². The number of fused-ring (bicyclic) bond motifs is 2. The molecule has 2 aliphatic heterocycles. The summed E-state index contributed by atoms with van der Waals surface area (Å²) in [5.41, 5.74) is -1.80. The molecule has 0 radical (unpaired) electrons. The molecule has 0 aromatic heterocycles. The van der Waals surface area contributed by atoms with Gasteiger partial charge in [0.2, 0.25) is 0 Å². The Morgan fingerprint density at radius 2 is 0.823 bits per heavy atom. The monoisotopic (exact) mass is 918 g/mol. The van der Waals surface area contributed by atoms with Crippen molar-refractivity contribution in [1.29, 1.82) is 0 Å². The van der Waals surface area contributed by atoms with E-state index < -0.39 is 46.1 Å². The lowest BCUT2D eigenvalue weighted by Gasteiger charge is -2.37. The van der Waals surface area contributed by atoms with Gasteiger partial charge in [-0.2, -0.15) is 0 Å². The van der Waals surface area contributed by atoms with Crippen molar-refractivity contribution in [2.24, 2.45) is 11.8 Å². The minimum atomic E-state index is -1.32. The molecular weight excluding hydrogens is 874 g/mol. The molecule has 2 heterocycles. The third-order valence-electron chi connectivity index (χ3n) is 11.3. The molecule has 0 unspecified atom stereocenters. The van der Waals surface area contributed by atoms with Gasteiger partial charge in [0.25, 0.3) is 11.8 Å². The highest BCUT2D eigenvalue weighted by molar-refractivity contribution is 6.41. The van der Waals surface area contributed by atoms with E-state index in [0.717, 1.165) is 11.1 Å². The summed E-state index contributed by atoms with van der Waals surface area (Å²) < 4.78 is 11.5. The first kappa shape index (κ1) is 47.8. The van der Waals surface area contributed by atoms with Crippen LogP contribution in [0.4, 0.5) is 0 Å². The Hall–Kier alpha value is -5.26. The highest BCUT2D eigenvalue weighted by atomic mass is 35.5. The van der Waals surface area contributed by atoms with Crippen molar-refractivity contribution in [3.05, 3.63) is 168 Å². The van der Waals surface area contributed by atoms with Gasteiger partial charge < -0.3 is 20.1 Å². The standard InChI is InChI=1S/2C23H21NO4.2CH2Cl2/c2*1-22-13-12-18(25)14-19(22)23(21(27)28-22,15-16-8-4-2-5-9-16)24-20(26)17-10-6-3-7-11-17;2*2-1-3/h2*2-13,19H,14-15H2,1H3,(H,24,26);2*1H2/t2*19-,22+,23-;;/m11../s1. The Balaban J connectivity index is 0.000000208. The SMILES string of the molecule is C[C@]12C=CC(=O)C[C@H]1[C@@](Cc1ccccc1)(NC(=O)c1ccccc1)C(=O)O2.C[C@]12C=CC(=O)C[C@H]1[C@@](Cc1ccccc1)(NC(=O)c1ccccc1)C(=O)O2.ClCCl.ClCCl. The fraction of sp³-hybridized carbons (Fsp3) is 0.292. The lowest BCUT2D eigenvalue weighted by molar-refractivity contribution is -0.149. The Bertz CT molecular complexity index is 2120. The van der Waals surface area contributed by atoms with Crippen LogP contribution in [0.1, 0.15) is 58.5 Å². The van der Waals surface area contributed by atoms with E-state index in [0.29, 0.717) is 11.1 Å². The fourth-order valence-corrected chi connectivity index (χ4v) is 8.42. The molecule has 0 spiro atoms. The van der Waals surface area contributed by atoms with E-state index in [1.165, 1.54) is 12.2 Å². The predicted octanol–water partition coefficient (Wildman–Crippen LogP) is 8.56. The molecule has 4 aromatic rings. The maximum atomic E-state index is 13.2. The summed E-state index contributed by atoms with van der Waals surface area (Å²) in [5, 5.41) is 6.29. The molecular formula is C48H46Cl4N2O8. The minimum Gasteiger partial charge on any atom is -0.453 e. The van der Waals surface area contributed by atoms with Crippen molar-refractivity contribution in [1.82, 2.24) is 10.6 Å². The number of alkyl halides is 4. The number of halogens is 4. The second-order valence-corrected chi connectivity index (χ2v) is 17.0. The van der Waals surface area contributed by atoms with Gasteiger partial charge in [0.1, 0.15) is 22.3 Å². The van der Waals surface area contributed by atoms with E-state index in [-0.39, 0.29) is 59.7 Å².